The summed E-state index contributed by atoms with van der Waals surface area (Å²) in [4.78, 5) is 11.8. The molecule has 1 amide bonds. The second-order valence-corrected chi connectivity index (χ2v) is 7.25. The smallest absolute Gasteiger partial charge is 0.221 e. The molecule has 0 spiro atoms. The van der Waals surface area contributed by atoms with Gasteiger partial charge < -0.3 is 10.6 Å². The van der Waals surface area contributed by atoms with Crippen molar-refractivity contribution in [1.82, 2.24) is 20.4 Å². The fraction of sp³-hybridized carbons (Fsp3) is 0.304. The van der Waals surface area contributed by atoms with E-state index in [2.05, 4.69) is 35.9 Å². The third-order valence-corrected chi connectivity index (χ3v) is 4.50. The fourth-order valence-corrected chi connectivity index (χ4v) is 3.14. The van der Waals surface area contributed by atoms with Gasteiger partial charge in [0.05, 0.1) is 11.4 Å². The molecule has 0 saturated heterocycles. The number of hydrogen-bond acceptors (Lipinski definition) is 3. The minimum absolute atomic E-state index is 0.0709. The Morgan fingerprint density at radius 1 is 1.07 bits per heavy atom. The molecule has 1 heterocycles. The first-order valence-corrected chi connectivity index (χ1v) is 9.74. The molecular formula is C23H28N4O. The number of benzene rings is 2. The normalized spacial score (nSPS) is 11.0. The van der Waals surface area contributed by atoms with Gasteiger partial charge in [0.25, 0.3) is 0 Å². The maximum absolute atomic E-state index is 11.8. The molecular weight excluding hydrogens is 348 g/mol. The predicted octanol–water partition coefficient (Wildman–Crippen LogP) is 3.85. The van der Waals surface area contributed by atoms with E-state index < -0.39 is 0 Å². The molecule has 3 aromatic rings. The molecule has 0 fully saturated rings. The second-order valence-electron chi connectivity index (χ2n) is 7.25. The number of carbonyl (C=O) groups is 1. The van der Waals surface area contributed by atoms with Crippen molar-refractivity contribution in [3.8, 4) is 16.9 Å². The summed E-state index contributed by atoms with van der Waals surface area (Å²) >= 11 is 0. The van der Waals surface area contributed by atoms with Crippen LogP contribution in [0, 0.1) is 6.92 Å². The lowest BCUT2D eigenvalue weighted by atomic mass is 10.0. The van der Waals surface area contributed by atoms with E-state index in [0.717, 1.165) is 22.5 Å². The molecule has 2 aromatic carbocycles. The Hall–Kier alpha value is -2.92. The molecule has 5 heteroatoms. The lowest BCUT2D eigenvalue weighted by molar-refractivity contribution is -0.121. The first-order chi connectivity index (χ1) is 13.5. The summed E-state index contributed by atoms with van der Waals surface area (Å²) in [5.41, 5.74) is 5.44. The number of hydrogen-bond donors (Lipinski definition) is 2. The van der Waals surface area contributed by atoms with Crippen LogP contribution < -0.4 is 10.6 Å². The topological polar surface area (TPSA) is 59.0 Å². The van der Waals surface area contributed by atoms with Crippen LogP contribution in [0.5, 0.6) is 0 Å². The highest BCUT2D eigenvalue weighted by Crippen LogP contribution is 2.26. The molecule has 2 N–H and O–H groups in total. The molecule has 0 saturated carbocycles. The summed E-state index contributed by atoms with van der Waals surface area (Å²) in [6, 6.07) is 18.6. The summed E-state index contributed by atoms with van der Waals surface area (Å²) in [6.45, 7) is 7.33. The van der Waals surface area contributed by atoms with E-state index in [1.165, 1.54) is 5.56 Å². The Kier molecular flexibility index (Phi) is 6.61. The largest absolute Gasteiger partial charge is 0.354 e. The van der Waals surface area contributed by atoms with Crippen LogP contribution in [0.2, 0.25) is 0 Å². The predicted molar refractivity (Wildman–Crippen MR) is 113 cm³/mol. The maximum atomic E-state index is 11.8. The number of nitrogens with zero attached hydrogens (tertiary/aromatic N) is 2. The van der Waals surface area contributed by atoms with Gasteiger partial charge >= 0.3 is 0 Å². The van der Waals surface area contributed by atoms with Gasteiger partial charge in [-0.05, 0) is 38.5 Å². The SMILES string of the molecule is Cc1ccccc1-c1nn(-c2ccccc2)cc1CNCCC(=O)NC(C)C. The molecule has 1 aromatic heterocycles. The second kappa shape index (κ2) is 9.33. The van der Waals surface area contributed by atoms with Crippen molar-refractivity contribution in [2.45, 2.75) is 39.8 Å². The van der Waals surface area contributed by atoms with E-state index in [1.807, 2.05) is 61.0 Å². The molecule has 0 aliphatic rings. The van der Waals surface area contributed by atoms with Crippen molar-refractivity contribution in [1.29, 1.82) is 0 Å². The number of rotatable bonds is 8. The molecule has 0 unspecified atom stereocenters. The lowest BCUT2D eigenvalue weighted by Crippen LogP contribution is -2.32. The Bertz CT molecular complexity index is 915. The monoisotopic (exact) mass is 376 g/mol. The van der Waals surface area contributed by atoms with Crippen molar-refractivity contribution in [2.24, 2.45) is 0 Å². The number of carbonyl (C=O) groups excluding carboxylic acids is 1. The number of para-hydroxylation sites is 1. The lowest BCUT2D eigenvalue weighted by Gasteiger charge is -2.09. The molecule has 5 nitrogen and oxygen atoms in total. The van der Waals surface area contributed by atoms with E-state index >= 15 is 0 Å². The first-order valence-electron chi connectivity index (χ1n) is 9.74. The minimum atomic E-state index is 0.0709. The van der Waals surface area contributed by atoms with Gasteiger partial charge in [-0.15, -0.1) is 0 Å². The highest BCUT2D eigenvalue weighted by molar-refractivity contribution is 5.76. The highest BCUT2D eigenvalue weighted by Gasteiger charge is 2.14. The summed E-state index contributed by atoms with van der Waals surface area (Å²) in [7, 11) is 0. The van der Waals surface area contributed by atoms with Crippen LogP contribution in [0.3, 0.4) is 0 Å². The Balaban J connectivity index is 1.78. The van der Waals surface area contributed by atoms with Crippen LogP contribution in [0.15, 0.2) is 60.8 Å². The van der Waals surface area contributed by atoms with E-state index in [0.29, 0.717) is 19.5 Å². The van der Waals surface area contributed by atoms with E-state index in [4.69, 9.17) is 5.10 Å². The minimum Gasteiger partial charge on any atom is -0.354 e. The van der Waals surface area contributed by atoms with Crippen molar-refractivity contribution >= 4 is 5.91 Å². The summed E-state index contributed by atoms with van der Waals surface area (Å²) in [6.07, 6.45) is 2.53. The van der Waals surface area contributed by atoms with E-state index in [9.17, 15) is 4.79 Å². The van der Waals surface area contributed by atoms with Crippen molar-refractivity contribution in [3.05, 3.63) is 71.9 Å². The zero-order valence-corrected chi connectivity index (χ0v) is 16.8. The number of nitrogens with one attached hydrogen (secondary N) is 2. The van der Waals surface area contributed by atoms with Gasteiger partial charge in [0, 0.05) is 42.9 Å². The molecule has 0 radical (unpaired) electrons. The van der Waals surface area contributed by atoms with Crippen molar-refractivity contribution in [3.63, 3.8) is 0 Å². The third-order valence-electron chi connectivity index (χ3n) is 4.50. The molecule has 3 rings (SSSR count). The Labute approximate surface area is 166 Å². The standard InChI is InChI=1S/C23H28N4O/c1-17(2)25-22(28)13-14-24-15-19-16-27(20-10-5-4-6-11-20)26-23(19)21-12-8-7-9-18(21)3/h4-12,16-17,24H,13-15H2,1-3H3,(H,25,28). The molecule has 0 aliphatic heterocycles. The van der Waals surface area contributed by atoms with Crippen LogP contribution >= 0.6 is 0 Å². The Morgan fingerprint density at radius 3 is 2.50 bits per heavy atom. The van der Waals surface area contributed by atoms with Crippen LogP contribution in [0.25, 0.3) is 16.9 Å². The maximum Gasteiger partial charge on any atom is 0.221 e. The highest BCUT2D eigenvalue weighted by atomic mass is 16.1. The first kappa shape index (κ1) is 19.8. The quantitative estimate of drug-likeness (QED) is 0.587. The average molecular weight is 377 g/mol. The summed E-state index contributed by atoms with van der Waals surface area (Å²) in [5.74, 6) is 0.0709. The average Bonchev–Trinajstić information content (AvgIpc) is 3.10. The van der Waals surface area contributed by atoms with Crippen molar-refractivity contribution in [2.75, 3.05) is 6.54 Å². The van der Waals surface area contributed by atoms with Crippen LogP contribution in [0.4, 0.5) is 0 Å². The van der Waals surface area contributed by atoms with Gasteiger partial charge in [0.15, 0.2) is 0 Å². The molecule has 0 aliphatic carbocycles. The zero-order valence-electron chi connectivity index (χ0n) is 16.8. The molecule has 146 valence electrons. The number of aromatic nitrogens is 2. The van der Waals surface area contributed by atoms with Gasteiger partial charge in [-0.1, -0.05) is 42.5 Å². The third kappa shape index (κ3) is 5.08. The van der Waals surface area contributed by atoms with Crippen LogP contribution in [0.1, 0.15) is 31.4 Å². The fourth-order valence-electron chi connectivity index (χ4n) is 3.14. The van der Waals surface area contributed by atoms with E-state index in [1.54, 1.807) is 0 Å². The van der Waals surface area contributed by atoms with Gasteiger partial charge in [-0.25, -0.2) is 4.68 Å². The molecule has 0 bridgehead atoms. The molecule has 0 atom stereocenters. The molecule has 28 heavy (non-hydrogen) atoms. The summed E-state index contributed by atoms with van der Waals surface area (Å²) < 4.78 is 1.92. The van der Waals surface area contributed by atoms with Crippen molar-refractivity contribution < 1.29 is 4.79 Å². The van der Waals surface area contributed by atoms with Gasteiger partial charge in [-0.2, -0.15) is 5.10 Å². The van der Waals surface area contributed by atoms with Gasteiger partial charge in [0.2, 0.25) is 5.91 Å². The van der Waals surface area contributed by atoms with Crippen LogP contribution in [-0.4, -0.2) is 28.3 Å². The van der Waals surface area contributed by atoms with Crippen LogP contribution in [-0.2, 0) is 11.3 Å². The zero-order chi connectivity index (χ0) is 19.9. The number of amides is 1. The summed E-state index contributed by atoms with van der Waals surface area (Å²) in [5, 5.41) is 11.2. The number of aryl methyl sites for hydroxylation is 1. The van der Waals surface area contributed by atoms with Gasteiger partial charge in [0.1, 0.15) is 0 Å². The van der Waals surface area contributed by atoms with Gasteiger partial charge in [-0.3, -0.25) is 4.79 Å². The Morgan fingerprint density at radius 2 is 1.79 bits per heavy atom. The van der Waals surface area contributed by atoms with E-state index in [-0.39, 0.29) is 11.9 Å².